The lowest BCUT2D eigenvalue weighted by atomic mass is 10.0. The number of amides is 2. The van der Waals surface area contributed by atoms with Crippen molar-refractivity contribution in [2.75, 3.05) is 26.8 Å². The van der Waals surface area contributed by atoms with Crippen molar-refractivity contribution < 1.29 is 14.3 Å². The van der Waals surface area contributed by atoms with Gasteiger partial charge in [0.15, 0.2) is 0 Å². The van der Waals surface area contributed by atoms with Gasteiger partial charge in [0.2, 0.25) is 11.8 Å². The zero-order valence-corrected chi connectivity index (χ0v) is 13.6. The summed E-state index contributed by atoms with van der Waals surface area (Å²) in [6.45, 7) is 3.41. The van der Waals surface area contributed by atoms with Crippen molar-refractivity contribution in [3.8, 4) is 0 Å². The van der Waals surface area contributed by atoms with Crippen LogP contribution >= 0.6 is 11.6 Å². The molecular formula is C16H21ClN2O3. The van der Waals surface area contributed by atoms with Crippen LogP contribution in [-0.4, -0.2) is 43.5 Å². The Labute approximate surface area is 135 Å². The molecule has 0 aromatic heterocycles. The van der Waals surface area contributed by atoms with E-state index in [9.17, 15) is 9.59 Å². The average Bonchev–Trinajstić information content (AvgIpc) is 2.89. The highest BCUT2D eigenvalue weighted by atomic mass is 35.5. The molecule has 22 heavy (non-hydrogen) atoms. The standard InChI is InChI=1S/C16H21ClN2O3/c1-3-19-9-12(8-15(19)20)16(21)18-14(10-22-2)11-4-6-13(17)7-5-11/h4-7,12,14H,3,8-10H2,1-2H3,(H,18,21)/t12-,14-/m1/s1. The molecule has 1 saturated heterocycles. The fraction of sp³-hybridized carbons (Fsp3) is 0.500. The van der Waals surface area contributed by atoms with E-state index < -0.39 is 0 Å². The first kappa shape index (κ1) is 16.8. The van der Waals surface area contributed by atoms with Crippen molar-refractivity contribution in [3.63, 3.8) is 0 Å². The van der Waals surface area contributed by atoms with E-state index in [1.807, 2.05) is 19.1 Å². The minimum Gasteiger partial charge on any atom is -0.382 e. The summed E-state index contributed by atoms with van der Waals surface area (Å²) in [6.07, 6.45) is 0.278. The van der Waals surface area contributed by atoms with Crippen LogP contribution in [0.4, 0.5) is 0 Å². The zero-order chi connectivity index (χ0) is 16.1. The predicted octanol–water partition coefficient (Wildman–Crippen LogP) is 2.01. The number of carbonyl (C=O) groups is 2. The maximum Gasteiger partial charge on any atom is 0.225 e. The highest BCUT2D eigenvalue weighted by Gasteiger charge is 2.34. The molecule has 2 amide bonds. The van der Waals surface area contributed by atoms with Crippen molar-refractivity contribution in [1.82, 2.24) is 10.2 Å². The lowest BCUT2D eigenvalue weighted by Crippen LogP contribution is -2.37. The molecule has 0 spiro atoms. The molecule has 1 N–H and O–H groups in total. The van der Waals surface area contributed by atoms with Crippen LogP contribution in [0, 0.1) is 5.92 Å². The van der Waals surface area contributed by atoms with Crippen molar-refractivity contribution in [1.29, 1.82) is 0 Å². The van der Waals surface area contributed by atoms with Crippen LogP contribution in [0.3, 0.4) is 0 Å². The largest absolute Gasteiger partial charge is 0.382 e. The molecule has 2 atom stereocenters. The van der Waals surface area contributed by atoms with E-state index in [1.165, 1.54) is 0 Å². The molecule has 0 aliphatic carbocycles. The minimum atomic E-state index is -0.292. The third kappa shape index (κ3) is 3.99. The van der Waals surface area contributed by atoms with Gasteiger partial charge in [0.1, 0.15) is 0 Å². The van der Waals surface area contributed by atoms with Crippen molar-refractivity contribution >= 4 is 23.4 Å². The van der Waals surface area contributed by atoms with Crippen LogP contribution in [-0.2, 0) is 14.3 Å². The molecule has 6 heteroatoms. The van der Waals surface area contributed by atoms with Crippen molar-refractivity contribution in [2.45, 2.75) is 19.4 Å². The Bertz CT molecular complexity index is 533. The number of methoxy groups -OCH3 is 1. The van der Waals surface area contributed by atoms with Crippen LogP contribution in [0.5, 0.6) is 0 Å². The molecule has 1 heterocycles. The maximum absolute atomic E-state index is 12.4. The molecule has 0 unspecified atom stereocenters. The van der Waals surface area contributed by atoms with E-state index >= 15 is 0 Å². The van der Waals surface area contributed by atoms with Gasteiger partial charge in [-0.2, -0.15) is 0 Å². The predicted molar refractivity (Wildman–Crippen MR) is 84.6 cm³/mol. The summed E-state index contributed by atoms with van der Waals surface area (Å²) in [7, 11) is 1.59. The maximum atomic E-state index is 12.4. The van der Waals surface area contributed by atoms with Crippen LogP contribution < -0.4 is 5.32 Å². The first-order valence-electron chi connectivity index (χ1n) is 7.37. The van der Waals surface area contributed by atoms with Crippen molar-refractivity contribution in [2.24, 2.45) is 5.92 Å². The second-order valence-electron chi connectivity index (χ2n) is 5.40. The summed E-state index contributed by atoms with van der Waals surface area (Å²) in [4.78, 5) is 25.9. The van der Waals surface area contributed by atoms with E-state index in [0.29, 0.717) is 24.7 Å². The van der Waals surface area contributed by atoms with E-state index in [-0.39, 0.29) is 30.2 Å². The molecule has 0 saturated carbocycles. The Hall–Kier alpha value is -1.59. The first-order valence-corrected chi connectivity index (χ1v) is 7.75. The number of nitrogens with one attached hydrogen (secondary N) is 1. The van der Waals surface area contributed by atoms with Gasteiger partial charge in [-0.05, 0) is 24.6 Å². The van der Waals surface area contributed by atoms with Gasteiger partial charge in [-0.1, -0.05) is 23.7 Å². The van der Waals surface area contributed by atoms with Gasteiger partial charge < -0.3 is 15.0 Å². The Morgan fingerprint density at radius 2 is 2.14 bits per heavy atom. The molecular weight excluding hydrogens is 304 g/mol. The second-order valence-corrected chi connectivity index (χ2v) is 5.84. The van der Waals surface area contributed by atoms with Crippen LogP contribution in [0.1, 0.15) is 24.9 Å². The number of ether oxygens (including phenoxy) is 1. The SMILES string of the molecule is CCN1C[C@H](C(=O)N[C@H](COC)c2ccc(Cl)cc2)CC1=O. The van der Waals surface area contributed by atoms with Crippen molar-refractivity contribution in [3.05, 3.63) is 34.9 Å². The fourth-order valence-corrected chi connectivity index (χ4v) is 2.75. The molecule has 120 valence electrons. The van der Waals surface area contributed by atoms with Gasteiger partial charge in [-0.25, -0.2) is 0 Å². The lowest BCUT2D eigenvalue weighted by molar-refractivity contribution is -0.129. The number of benzene rings is 1. The number of nitrogens with zero attached hydrogens (tertiary/aromatic N) is 1. The quantitative estimate of drug-likeness (QED) is 0.871. The van der Waals surface area contributed by atoms with E-state index in [4.69, 9.17) is 16.3 Å². The summed E-state index contributed by atoms with van der Waals surface area (Å²) >= 11 is 5.89. The van der Waals surface area contributed by atoms with Gasteiger partial charge in [0.05, 0.1) is 18.6 Å². The van der Waals surface area contributed by atoms with E-state index in [0.717, 1.165) is 5.56 Å². The molecule has 1 aliphatic rings. The lowest BCUT2D eigenvalue weighted by Gasteiger charge is -2.21. The first-order chi connectivity index (χ1) is 10.5. The summed E-state index contributed by atoms with van der Waals surface area (Å²) in [5, 5.41) is 3.62. The Kier molecular flexibility index (Phi) is 5.80. The summed E-state index contributed by atoms with van der Waals surface area (Å²) < 4.78 is 5.19. The topological polar surface area (TPSA) is 58.6 Å². The van der Waals surface area contributed by atoms with Gasteiger partial charge in [0.25, 0.3) is 0 Å². The third-order valence-corrected chi connectivity index (χ3v) is 4.14. The number of hydrogen-bond donors (Lipinski definition) is 1. The number of hydrogen-bond acceptors (Lipinski definition) is 3. The summed E-state index contributed by atoms with van der Waals surface area (Å²) in [5.41, 5.74) is 0.927. The number of likely N-dealkylation sites (tertiary alicyclic amines) is 1. The summed E-state index contributed by atoms with van der Waals surface area (Å²) in [6, 6.07) is 7.04. The fourth-order valence-electron chi connectivity index (χ4n) is 2.63. The van der Waals surface area contributed by atoms with Gasteiger partial charge in [-0.3, -0.25) is 9.59 Å². The highest BCUT2D eigenvalue weighted by molar-refractivity contribution is 6.30. The molecule has 5 nitrogen and oxygen atoms in total. The molecule has 1 aromatic rings. The second kappa shape index (κ2) is 7.61. The van der Waals surface area contributed by atoms with E-state index in [2.05, 4.69) is 5.32 Å². The molecule has 0 bridgehead atoms. The molecule has 0 radical (unpaired) electrons. The highest BCUT2D eigenvalue weighted by Crippen LogP contribution is 2.21. The smallest absolute Gasteiger partial charge is 0.225 e. The third-order valence-electron chi connectivity index (χ3n) is 3.89. The number of rotatable bonds is 6. The average molecular weight is 325 g/mol. The van der Waals surface area contributed by atoms with Gasteiger partial charge in [-0.15, -0.1) is 0 Å². The van der Waals surface area contributed by atoms with Crippen LogP contribution in [0.2, 0.25) is 5.02 Å². The zero-order valence-electron chi connectivity index (χ0n) is 12.8. The molecule has 1 fully saturated rings. The van der Waals surface area contributed by atoms with Gasteiger partial charge in [0, 0.05) is 31.6 Å². The Morgan fingerprint density at radius 3 is 2.68 bits per heavy atom. The minimum absolute atomic E-state index is 0.0393. The van der Waals surface area contributed by atoms with E-state index in [1.54, 1.807) is 24.1 Å². The molecule has 1 aliphatic heterocycles. The van der Waals surface area contributed by atoms with Gasteiger partial charge >= 0.3 is 0 Å². The Balaban J connectivity index is 2.03. The molecule has 1 aromatic carbocycles. The van der Waals surface area contributed by atoms with Crippen LogP contribution in [0.15, 0.2) is 24.3 Å². The Morgan fingerprint density at radius 1 is 1.45 bits per heavy atom. The normalized spacial score (nSPS) is 19.3. The number of halogens is 1. The number of carbonyl (C=O) groups excluding carboxylic acids is 2. The van der Waals surface area contributed by atoms with Crippen LogP contribution in [0.25, 0.3) is 0 Å². The summed E-state index contributed by atoms with van der Waals surface area (Å²) in [5.74, 6) is -0.363. The molecule has 2 rings (SSSR count). The monoisotopic (exact) mass is 324 g/mol.